The van der Waals surface area contributed by atoms with E-state index in [1.54, 1.807) is 4.90 Å². The van der Waals surface area contributed by atoms with E-state index in [1.807, 2.05) is 57.7 Å². The van der Waals surface area contributed by atoms with Crippen LogP contribution in [0.1, 0.15) is 51.2 Å². The number of nitrogens with one attached hydrogen (secondary N) is 1. The Bertz CT molecular complexity index is 838. The molecule has 1 aromatic rings. The third kappa shape index (κ3) is 5.57. The van der Waals surface area contributed by atoms with E-state index in [0.29, 0.717) is 38.9 Å². The van der Waals surface area contributed by atoms with Gasteiger partial charge in [0, 0.05) is 37.6 Å². The number of carbonyl (C=O) groups excluding carboxylic acids is 3. The van der Waals surface area contributed by atoms with Crippen molar-refractivity contribution in [2.24, 2.45) is 5.92 Å². The van der Waals surface area contributed by atoms with Crippen LogP contribution in [0.4, 0.5) is 0 Å². The Morgan fingerprint density at radius 2 is 1.84 bits per heavy atom. The molecule has 3 rings (SSSR count). The summed E-state index contributed by atoms with van der Waals surface area (Å²) in [6, 6.07) is 5.84. The molecule has 2 aliphatic heterocycles. The molecule has 31 heavy (non-hydrogen) atoms. The van der Waals surface area contributed by atoms with Crippen LogP contribution in [0.15, 0.2) is 18.2 Å². The summed E-state index contributed by atoms with van der Waals surface area (Å²) in [7, 11) is 0. The van der Waals surface area contributed by atoms with Gasteiger partial charge in [0.15, 0.2) is 6.61 Å². The van der Waals surface area contributed by atoms with E-state index in [0.717, 1.165) is 16.9 Å². The first-order valence-corrected chi connectivity index (χ1v) is 11.1. The van der Waals surface area contributed by atoms with E-state index in [2.05, 4.69) is 5.32 Å². The average Bonchev–Trinajstić information content (AvgIpc) is 3.11. The maximum atomic E-state index is 12.9. The van der Waals surface area contributed by atoms with Crippen molar-refractivity contribution in [2.45, 2.75) is 65.5 Å². The first-order valence-electron chi connectivity index (χ1n) is 11.1. The topological polar surface area (TPSA) is 79.0 Å². The molecule has 170 valence electrons. The largest absolute Gasteiger partial charge is 0.483 e. The zero-order valence-corrected chi connectivity index (χ0v) is 19.4. The second-order valence-corrected chi connectivity index (χ2v) is 9.73. The van der Waals surface area contributed by atoms with Gasteiger partial charge in [-0.2, -0.15) is 0 Å². The molecule has 0 aromatic heterocycles. The highest BCUT2D eigenvalue weighted by atomic mass is 16.5. The van der Waals surface area contributed by atoms with Gasteiger partial charge in [0.25, 0.3) is 5.91 Å². The van der Waals surface area contributed by atoms with Gasteiger partial charge in [-0.25, -0.2) is 0 Å². The molecular formula is C24H35N3O4. The molecule has 0 saturated carbocycles. The highest BCUT2D eigenvalue weighted by Crippen LogP contribution is 2.28. The minimum absolute atomic E-state index is 0.0176. The zero-order valence-electron chi connectivity index (χ0n) is 19.4. The lowest BCUT2D eigenvalue weighted by molar-refractivity contribution is -0.137. The summed E-state index contributed by atoms with van der Waals surface area (Å²) in [6.45, 7) is 11.7. The number of hydrogen-bond acceptors (Lipinski definition) is 4. The van der Waals surface area contributed by atoms with Gasteiger partial charge in [0.1, 0.15) is 5.75 Å². The highest BCUT2D eigenvalue weighted by molar-refractivity contribution is 5.89. The number of likely N-dealkylation sites (tertiary alicyclic amines) is 2. The van der Waals surface area contributed by atoms with E-state index >= 15 is 0 Å². The van der Waals surface area contributed by atoms with Crippen LogP contribution in [0, 0.1) is 19.8 Å². The lowest BCUT2D eigenvalue weighted by Gasteiger charge is -2.35. The summed E-state index contributed by atoms with van der Waals surface area (Å²) in [5.74, 6) is 0.433. The van der Waals surface area contributed by atoms with Gasteiger partial charge < -0.3 is 19.9 Å². The zero-order chi connectivity index (χ0) is 22.8. The van der Waals surface area contributed by atoms with E-state index < -0.39 is 0 Å². The average molecular weight is 430 g/mol. The number of amides is 3. The summed E-state index contributed by atoms with van der Waals surface area (Å²) >= 11 is 0. The first-order chi connectivity index (χ1) is 14.6. The van der Waals surface area contributed by atoms with Gasteiger partial charge in [0.2, 0.25) is 11.8 Å². The van der Waals surface area contributed by atoms with E-state index in [1.165, 1.54) is 0 Å². The molecule has 0 radical (unpaired) electrons. The van der Waals surface area contributed by atoms with E-state index in [4.69, 9.17) is 4.74 Å². The summed E-state index contributed by atoms with van der Waals surface area (Å²) in [4.78, 5) is 41.2. The molecule has 7 heteroatoms. The normalized spacial score (nSPS) is 20.2. The summed E-state index contributed by atoms with van der Waals surface area (Å²) in [6.07, 6.45) is 1.72. The van der Waals surface area contributed by atoms with Crippen LogP contribution in [-0.2, 0) is 14.4 Å². The second-order valence-electron chi connectivity index (χ2n) is 9.73. The molecule has 0 bridgehead atoms. The van der Waals surface area contributed by atoms with Crippen molar-refractivity contribution >= 4 is 17.7 Å². The molecule has 2 saturated heterocycles. The molecule has 0 aliphatic carbocycles. The van der Waals surface area contributed by atoms with Crippen LogP contribution < -0.4 is 10.1 Å². The fourth-order valence-electron chi connectivity index (χ4n) is 4.32. The van der Waals surface area contributed by atoms with Crippen LogP contribution in [0.2, 0.25) is 0 Å². The summed E-state index contributed by atoms with van der Waals surface area (Å²) < 4.78 is 5.68. The Kier molecular flexibility index (Phi) is 6.92. The van der Waals surface area contributed by atoms with Crippen molar-refractivity contribution in [3.05, 3.63) is 29.3 Å². The van der Waals surface area contributed by atoms with Gasteiger partial charge in [-0.05, 0) is 64.7 Å². The fourth-order valence-corrected chi connectivity index (χ4v) is 4.32. The Hall–Kier alpha value is -2.57. The quantitative estimate of drug-likeness (QED) is 0.780. The summed E-state index contributed by atoms with van der Waals surface area (Å²) in [5, 5.41) is 3.02. The van der Waals surface area contributed by atoms with Crippen molar-refractivity contribution in [1.29, 1.82) is 0 Å². The Balaban J connectivity index is 1.43. The SMILES string of the molecule is Cc1cccc(OCC(=O)NC2CCN(C(=O)C3CC(=O)N(C(C)(C)C)C3)CC2)c1C. The third-order valence-electron chi connectivity index (χ3n) is 6.37. The number of benzene rings is 1. The molecule has 1 atom stereocenters. The minimum atomic E-state index is -0.261. The Labute approximate surface area is 185 Å². The molecular weight excluding hydrogens is 394 g/mol. The maximum absolute atomic E-state index is 12.9. The number of nitrogens with zero attached hydrogens (tertiary/aromatic N) is 2. The Morgan fingerprint density at radius 1 is 1.16 bits per heavy atom. The standard InChI is InChI=1S/C24H35N3O4/c1-16-7-6-8-20(17(16)2)31-15-21(28)25-19-9-11-26(12-10-19)23(30)18-13-22(29)27(14-18)24(3,4)5/h6-8,18-19H,9-15H2,1-5H3,(H,25,28). The molecule has 3 amide bonds. The van der Waals surface area contributed by atoms with Crippen molar-refractivity contribution in [1.82, 2.24) is 15.1 Å². The number of hydrogen-bond donors (Lipinski definition) is 1. The number of ether oxygens (including phenoxy) is 1. The fraction of sp³-hybridized carbons (Fsp3) is 0.625. The van der Waals surface area contributed by atoms with Crippen LogP contribution >= 0.6 is 0 Å². The van der Waals surface area contributed by atoms with Gasteiger partial charge in [-0.3, -0.25) is 14.4 Å². The van der Waals surface area contributed by atoms with Crippen LogP contribution in [0.3, 0.4) is 0 Å². The van der Waals surface area contributed by atoms with Crippen LogP contribution in [0.5, 0.6) is 5.75 Å². The summed E-state index contributed by atoms with van der Waals surface area (Å²) in [5.41, 5.74) is 1.91. The predicted molar refractivity (Wildman–Crippen MR) is 119 cm³/mol. The van der Waals surface area contributed by atoms with E-state index in [-0.39, 0.29) is 41.8 Å². The molecule has 0 spiro atoms. The second kappa shape index (κ2) is 9.28. The van der Waals surface area contributed by atoms with Crippen molar-refractivity contribution in [3.63, 3.8) is 0 Å². The highest BCUT2D eigenvalue weighted by Gasteiger charge is 2.41. The molecule has 2 aliphatic rings. The smallest absolute Gasteiger partial charge is 0.258 e. The number of piperidine rings is 1. The first kappa shape index (κ1) is 23.1. The maximum Gasteiger partial charge on any atom is 0.258 e. The number of rotatable bonds is 5. The van der Waals surface area contributed by atoms with Crippen molar-refractivity contribution < 1.29 is 19.1 Å². The van der Waals surface area contributed by atoms with Crippen molar-refractivity contribution in [2.75, 3.05) is 26.2 Å². The number of aryl methyl sites for hydroxylation is 1. The van der Waals surface area contributed by atoms with Crippen LogP contribution in [0.25, 0.3) is 0 Å². The van der Waals surface area contributed by atoms with Crippen molar-refractivity contribution in [3.8, 4) is 5.75 Å². The lowest BCUT2D eigenvalue weighted by Crippen LogP contribution is -2.49. The Morgan fingerprint density at radius 3 is 2.45 bits per heavy atom. The van der Waals surface area contributed by atoms with Gasteiger partial charge in [-0.15, -0.1) is 0 Å². The molecule has 2 heterocycles. The van der Waals surface area contributed by atoms with Crippen LogP contribution in [-0.4, -0.2) is 65.3 Å². The van der Waals surface area contributed by atoms with Gasteiger partial charge in [-0.1, -0.05) is 12.1 Å². The van der Waals surface area contributed by atoms with Gasteiger partial charge >= 0.3 is 0 Å². The number of carbonyl (C=O) groups is 3. The monoisotopic (exact) mass is 429 g/mol. The predicted octanol–water partition coefficient (Wildman–Crippen LogP) is 2.44. The van der Waals surface area contributed by atoms with Gasteiger partial charge in [0.05, 0.1) is 5.92 Å². The third-order valence-corrected chi connectivity index (χ3v) is 6.37. The van der Waals surface area contributed by atoms with E-state index in [9.17, 15) is 14.4 Å². The molecule has 1 N–H and O–H groups in total. The molecule has 1 unspecified atom stereocenters. The minimum Gasteiger partial charge on any atom is -0.483 e. The molecule has 7 nitrogen and oxygen atoms in total. The lowest BCUT2D eigenvalue weighted by atomic mass is 10.0. The molecule has 2 fully saturated rings. The molecule has 1 aromatic carbocycles.